The zero-order valence-electron chi connectivity index (χ0n) is 22.5. The first kappa shape index (κ1) is 29.2. The summed E-state index contributed by atoms with van der Waals surface area (Å²) < 4.78 is 52.1. The van der Waals surface area contributed by atoms with Gasteiger partial charge in [-0.2, -0.15) is 4.31 Å². The number of halogens is 1. The summed E-state index contributed by atoms with van der Waals surface area (Å²) in [5, 5.41) is 6.05. The molecule has 1 unspecified atom stereocenters. The van der Waals surface area contributed by atoms with E-state index in [0.717, 1.165) is 16.4 Å². The molecule has 2 N–H and O–H groups in total. The molecule has 1 aromatic heterocycles. The molecule has 4 rings (SSSR count). The Kier molecular flexibility index (Phi) is 8.89. The number of amides is 2. The Bertz CT molecular complexity index is 1520. The molecule has 0 radical (unpaired) electrons. The van der Waals surface area contributed by atoms with E-state index in [1.165, 1.54) is 19.2 Å². The molecule has 1 saturated heterocycles. The number of para-hydroxylation sites is 1. The summed E-state index contributed by atoms with van der Waals surface area (Å²) in [5.74, 6) is -2.11. The minimum atomic E-state index is -4.25. The van der Waals surface area contributed by atoms with Crippen LogP contribution in [0.25, 0.3) is 11.0 Å². The van der Waals surface area contributed by atoms with Crippen LogP contribution in [0.3, 0.4) is 0 Å². The van der Waals surface area contributed by atoms with Gasteiger partial charge in [0.1, 0.15) is 16.8 Å². The fourth-order valence-corrected chi connectivity index (χ4v) is 6.17. The fraction of sp³-hybridized carbons (Fsp3) is 0.393. The molecule has 0 aliphatic carbocycles. The summed E-state index contributed by atoms with van der Waals surface area (Å²) in [7, 11) is -2.76. The summed E-state index contributed by atoms with van der Waals surface area (Å²) in [6.07, 6.45) is 0.752. The summed E-state index contributed by atoms with van der Waals surface area (Å²) in [6.45, 7) is 3.27. The van der Waals surface area contributed by atoms with Gasteiger partial charge in [-0.25, -0.2) is 12.8 Å². The van der Waals surface area contributed by atoms with Crippen molar-refractivity contribution >= 4 is 38.6 Å². The number of hydrogen-bond donors (Lipinski definition) is 2. The number of sulfonamides is 1. The molecule has 0 saturated carbocycles. The fourth-order valence-electron chi connectivity index (χ4n) is 4.66. The maximum absolute atomic E-state index is 14.2. The average molecular weight is 574 g/mol. The Labute approximate surface area is 231 Å². The molecular weight excluding hydrogens is 541 g/mol. The van der Waals surface area contributed by atoms with Gasteiger partial charge in [0.2, 0.25) is 15.9 Å². The summed E-state index contributed by atoms with van der Waals surface area (Å²) in [5.41, 5.74) is 0.402. The topological polar surface area (TPSA) is 135 Å². The molecule has 2 amide bonds. The number of nitrogens with zero attached hydrogens (tertiary/aromatic N) is 1. The molecule has 1 aliphatic heterocycles. The lowest BCUT2D eigenvalue weighted by molar-refractivity contribution is -0.129. The number of nitrogens with one attached hydrogen (secondary N) is 2. The first-order valence-electron chi connectivity index (χ1n) is 13.0. The molecule has 0 bridgehead atoms. The van der Waals surface area contributed by atoms with E-state index in [4.69, 9.17) is 9.15 Å². The Morgan fingerprint density at radius 3 is 2.62 bits per heavy atom. The normalized spacial score (nSPS) is 17.4. The van der Waals surface area contributed by atoms with Crippen molar-refractivity contribution in [3.8, 4) is 5.75 Å². The number of furan rings is 1. The Morgan fingerprint density at radius 1 is 1.18 bits per heavy atom. The molecular formula is C28H32FN3O7S. The van der Waals surface area contributed by atoms with Gasteiger partial charge in [0.05, 0.1) is 19.7 Å². The van der Waals surface area contributed by atoms with Crippen molar-refractivity contribution in [1.82, 2.24) is 14.9 Å². The highest BCUT2D eigenvalue weighted by molar-refractivity contribution is 7.89. The van der Waals surface area contributed by atoms with E-state index in [0.29, 0.717) is 16.7 Å². The molecule has 2 heterocycles. The molecule has 2 aromatic carbocycles. The lowest BCUT2D eigenvalue weighted by Crippen LogP contribution is -2.52. The Morgan fingerprint density at radius 2 is 1.93 bits per heavy atom. The first-order chi connectivity index (χ1) is 19.0. The van der Waals surface area contributed by atoms with Crippen molar-refractivity contribution in [1.29, 1.82) is 0 Å². The number of hydrogen-bond acceptors (Lipinski definition) is 7. The van der Waals surface area contributed by atoms with Gasteiger partial charge in [-0.3, -0.25) is 14.4 Å². The third-order valence-electron chi connectivity index (χ3n) is 6.67. The number of ether oxygens (including phenoxy) is 1. The molecule has 3 aromatic rings. The van der Waals surface area contributed by atoms with Crippen LogP contribution in [0.15, 0.2) is 57.8 Å². The molecule has 1 fully saturated rings. The first-order valence-corrected chi connectivity index (χ1v) is 14.4. The van der Waals surface area contributed by atoms with Crippen LogP contribution in [0.5, 0.6) is 5.75 Å². The van der Waals surface area contributed by atoms with Crippen LogP contribution < -0.4 is 15.4 Å². The van der Waals surface area contributed by atoms with Gasteiger partial charge in [0.15, 0.2) is 22.9 Å². The van der Waals surface area contributed by atoms with Crippen LogP contribution in [-0.2, 0) is 19.6 Å². The van der Waals surface area contributed by atoms with Crippen molar-refractivity contribution < 1.29 is 36.3 Å². The van der Waals surface area contributed by atoms with E-state index in [-0.39, 0.29) is 37.5 Å². The summed E-state index contributed by atoms with van der Waals surface area (Å²) in [4.78, 5) is 38.9. The van der Waals surface area contributed by atoms with E-state index >= 15 is 0 Å². The number of carbonyl (C=O) groups is 3. The van der Waals surface area contributed by atoms with Crippen LogP contribution in [0, 0.1) is 11.7 Å². The number of benzene rings is 2. The highest BCUT2D eigenvalue weighted by Gasteiger charge is 2.35. The number of methoxy groups -OCH3 is 1. The minimum absolute atomic E-state index is 0.000548. The lowest BCUT2D eigenvalue weighted by Gasteiger charge is -2.23. The van der Waals surface area contributed by atoms with Crippen LogP contribution in [0.2, 0.25) is 0 Å². The predicted octanol–water partition coefficient (Wildman–Crippen LogP) is 3.26. The standard InChI is InChI=1S/C28H32FN3O7S/c1-17(2)14-21(31-28(35)24-15-18-8-6-11-23(38-3)26(18)39-24)27(34)30-20-10-7-13-32(16-22(20)33)40(36,37)25-12-5-4-9-19(25)29/h4-6,8-9,11-12,15,17,20-21H,7,10,13-14,16H2,1-3H3,(H,30,34)(H,31,35)/t20-,21?/m0/s1. The summed E-state index contributed by atoms with van der Waals surface area (Å²) in [6, 6.07) is 9.83. The maximum Gasteiger partial charge on any atom is 0.287 e. The van der Waals surface area contributed by atoms with Gasteiger partial charge < -0.3 is 19.8 Å². The predicted molar refractivity (Wildman–Crippen MR) is 145 cm³/mol. The average Bonchev–Trinajstić information content (AvgIpc) is 3.27. The van der Waals surface area contributed by atoms with Crippen LogP contribution in [-0.4, -0.2) is 62.6 Å². The molecule has 0 spiro atoms. The van der Waals surface area contributed by atoms with E-state index in [1.807, 2.05) is 13.8 Å². The molecule has 10 nitrogen and oxygen atoms in total. The van der Waals surface area contributed by atoms with Crippen molar-refractivity contribution in [2.75, 3.05) is 20.2 Å². The van der Waals surface area contributed by atoms with E-state index < -0.39 is 57.0 Å². The monoisotopic (exact) mass is 573 g/mol. The molecule has 1 aliphatic rings. The van der Waals surface area contributed by atoms with Crippen molar-refractivity contribution in [3.05, 3.63) is 60.1 Å². The second-order valence-corrected chi connectivity index (χ2v) is 12.0. The van der Waals surface area contributed by atoms with Gasteiger partial charge in [-0.05, 0) is 49.4 Å². The lowest BCUT2D eigenvalue weighted by atomic mass is 10.0. The maximum atomic E-state index is 14.2. The molecule has 40 heavy (non-hydrogen) atoms. The van der Waals surface area contributed by atoms with Crippen LogP contribution in [0.1, 0.15) is 43.7 Å². The molecule has 2 atom stereocenters. The second kappa shape index (κ2) is 12.2. The largest absolute Gasteiger partial charge is 0.493 e. The quantitative estimate of drug-likeness (QED) is 0.401. The minimum Gasteiger partial charge on any atom is -0.493 e. The Balaban J connectivity index is 1.46. The highest BCUT2D eigenvalue weighted by Crippen LogP contribution is 2.28. The van der Waals surface area contributed by atoms with Gasteiger partial charge in [-0.15, -0.1) is 0 Å². The molecule has 12 heteroatoms. The second-order valence-electron chi connectivity index (χ2n) is 10.1. The highest BCUT2D eigenvalue weighted by atomic mass is 32.2. The zero-order valence-corrected chi connectivity index (χ0v) is 23.3. The number of fused-ring (bicyclic) bond motifs is 1. The van der Waals surface area contributed by atoms with Gasteiger partial charge in [0, 0.05) is 11.9 Å². The molecule has 214 valence electrons. The number of carbonyl (C=O) groups excluding carboxylic acids is 3. The third kappa shape index (κ3) is 6.34. The van der Waals surface area contributed by atoms with Gasteiger partial charge in [0.25, 0.3) is 5.91 Å². The summed E-state index contributed by atoms with van der Waals surface area (Å²) >= 11 is 0. The van der Waals surface area contributed by atoms with Gasteiger partial charge >= 0.3 is 0 Å². The van der Waals surface area contributed by atoms with Crippen molar-refractivity contribution in [2.45, 2.75) is 50.1 Å². The van der Waals surface area contributed by atoms with Gasteiger partial charge in [-0.1, -0.05) is 38.1 Å². The van der Waals surface area contributed by atoms with E-state index in [2.05, 4.69) is 10.6 Å². The van der Waals surface area contributed by atoms with Crippen molar-refractivity contribution in [2.24, 2.45) is 5.92 Å². The number of ketones is 1. The Hall–Kier alpha value is -3.77. The van der Waals surface area contributed by atoms with E-state index in [1.54, 1.807) is 24.3 Å². The number of rotatable bonds is 9. The third-order valence-corrected chi connectivity index (χ3v) is 8.55. The smallest absolute Gasteiger partial charge is 0.287 e. The van der Waals surface area contributed by atoms with E-state index in [9.17, 15) is 27.2 Å². The zero-order chi connectivity index (χ0) is 29.0. The number of Topliss-reactive ketones (excluding diaryl/α,β-unsaturated/α-hetero) is 1. The van der Waals surface area contributed by atoms with Crippen molar-refractivity contribution in [3.63, 3.8) is 0 Å². The SMILES string of the molecule is COc1cccc2cc(C(=O)NC(CC(C)C)C(=O)N[C@H]3CCCN(S(=O)(=O)c4ccccc4F)CC3=O)oc12. The van der Waals surface area contributed by atoms with Crippen LogP contribution in [0.4, 0.5) is 4.39 Å². The van der Waals surface area contributed by atoms with Crippen LogP contribution >= 0.6 is 0 Å².